The minimum atomic E-state index is -0.538. The number of aryl methyl sites for hydroxylation is 1. The lowest BCUT2D eigenvalue weighted by Gasteiger charge is -2.41. The molecule has 0 heterocycles. The highest BCUT2D eigenvalue weighted by Crippen LogP contribution is 2.64. The molecule has 1 unspecified atom stereocenters. The standard InChI is InChI=1S/C66H45N/c1-2-43-35-36-45-21-17-30-55-52-28-12-16-33-59(52)66(64(43)63(45)55)58-32-15-11-27-51(58)54-39-37-49(42-61(54)66)67(62-34-18-20-44-19-9-10-26-50(44)62)48-38-40-60-56(41-48)53-29-13-14-31-57(53)65(60,46-22-5-3-6-23-46)47-24-7-4-8-25-47/h3-42H,2H2,1H3. The van der Waals surface area contributed by atoms with E-state index in [2.05, 4.69) is 254 Å². The van der Waals surface area contributed by atoms with Gasteiger partial charge in [-0.15, -0.1) is 0 Å². The molecule has 14 rings (SSSR count). The van der Waals surface area contributed by atoms with Gasteiger partial charge in [-0.05, 0) is 136 Å². The van der Waals surface area contributed by atoms with Crippen molar-refractivity contribution in [2.75, 3.05) is 4.90 Å². The molecule has 0 fully saturated rings. The summed E-state index contributed by atoms with van der Waals surface area (Å²) in [5.74, 6) is 0. The second-order valence-electron chi connectivity index (χ2n) is 18.5. The molecule has 0 aliphatic heterocycles. The Bertz CT molecular complexity index is 3760. The zero-order valence-electron chi connectivity index (χ0n) is 37.2. The summed E-state index contributed by atoms with van der Waals surface area (Å²) >= 11 is 0. The molecule has 67 heavy (non-hydrogen) atoms. The smallest absolute Gasteiger partial charge is 0.0729 e. The zero-order chi connectivity index (χ0) is 44.3. The van der Waals surface area contributed by atoms with Crippen molar-refractivity contribution in [3.05, 3.63) is 293 Å². The summed E-state index contributed by atoms with van der Waals surface area (Å²) in [6.45, 7) is 2.32. The van der Waals surface area contributed by atoms with Crippen LogP contribution in [0.1, 0.15) is 57.0 Å². The lowest BCUT2D eigenvalue weighted by Crippen LogP contribution is -2.33. The predicted octanol–water partition coefficient (Wildman–Crippen LogP) is 16.7. The minimum absolute atomic E-state index is 0.481. The molecule has 3 aliphatic rings. The van der Waals surface area contributed by atoms with Crippen molar-refractivity contribution in [1.29, 1.82) is 0 Å². The molecule has 0 saturated heterocycles. The van der Waals surface area contributed by atoms with Crippen molar-refractivity contribution in [2.45, 2.75) is 24.2 Å². The number of nitrogens with zero attached hydrogens (tertiary/aromatic N) is 1. The maximum Gasteiger partial charge on any atom is 0.0729 e. The van der Waals surface area contributed by atoms with Gasteiger partial charge in [-0.1, -0.05) is 219 Å². The largest absolute Gasteiger partial charge is 0.310 e. The Hall–Kier alpha value is -8.26. The molecule has 0 bridgehead atoms. The molecule has 1 heteroatoms. The van der Waals surface area contributed by atoms with Crippen molar-refractivity contribution in [2.24, 2.45) is 0 Å². The third-order valence-corrected chi connectivity index (χ3v) is 15.5. The molecule has 11 aromatic rings. The van der Waals surface area contributed by atoms with E-state index in [9.17, 15) is 0 Å². The fraction of sp³-hybridized carbons (Fsp3) is 0.0606. The number of hydrogen-bond acceptors (Lipinski definition) is 1. The van der Waals surface area contributed by atoms with Crippen molar-refractivity contribution in [1.82, 2.24) is 0 Å². The van der Waals surface area contributed by atoms with Gasteiger partial charge >= 0.3 is 0 Å². The van der Waals surface area contributed by atoms with Gasteiger partial charge in [-0.3, -0.25) is 0 Å². The van der Waals surface area contributed by atoms with Crippen LogP contribution in [0.5, 0.6) is 0 Å². The van der Waals surface area contributed by atoms with Crippen LogP contribution < -0.4 is 4.90 Å². The van der Waals surface area contributed by atoms with E-state index in [0.29, 0.717) is 0 Å². The molecule has 1 spiro atoms. The highest BCUT2D eigenvalue weighted by Gasteiger charge is 2.51. The molecule has 1 nitrogen and oxygen atoms in total. The molecule has 3 aliphatic carbocycles. The van der Waals surface area contributed by atoms with Crippen molar-refractivity contribution in [3.8, 4) is 33.4 Å². The highest BCUT2D eigenvalue weighted by atomic mass is 15.1. The summed E-state index contributed by atoms with van der Waals surface area (Å²) in [5.41, 5.74) is 22.2. The van der Waals surface area contributed by atoms with Gasteiger partial charge in [0.1, 0.15) is 0 Å². The number of hydrogen-bond donors (Lipinski definition) is 0. The van der Waals surface area contributed by atoms with Gasteiger partial charge in [0, 0.05) is 16.8 Å². The van der Waals surface area contributed by atoms with E-state index < -0.39 is 10.8 Å². The number of rotatable bonds is 6. The van der Waals surface area contributed by atoms with Crippen LogP contribution in [-0.2, 0) is 17.3 Å². The Morgan fingerprint density at radius 2 is 0.851 bits per heavy atom. The molecular weight excluding hydrogens is 807 g/mol. The number of anilines is 3. The summed E-state index contributed by atoms with van der Waals surface area (Å²) in [7, 11) is 0. The fourth-order valence-electron chi connectivity index (χ4n) is 12.9. The second-order valence-corrected chi connectivity index (χ2v) is 18.5. The molecule has 0 N–H and O–H groups in total. The summed E-state index contributed by atoms with van der Waals surface area (Å²) < 4.78 is 0. The van der Waals surface area contributed by atoms with Crippen molar-refractivity contribution >= 4 is 38.6 Å². The number of benzene rings is 11. The average Bonchev–Trinajstić information content (AvgIpc) is 3.86. The molecule has 0 radical (unpaired) electrons. The van der Waals surface area contributed by atoms with Gasteiger partial charge in [0.05, 0.1) is 16.5 Å². The third kappa shape index (κ3) is 5.04. The second kappa shape index (κ2) is 14.4. The average molecular weight is 852 g/mol. The van der Waals surface area contributed by atoms with E-state index in [-0.39, 0.29) is 0 Å². The monoisotopic (exact) mass is 851 g/mol. The van der Waals surface area contributed by atoms with E-state index in [1.165, 1.54) is 105 Å². The maximum atomic E-state index is 2.56. The Morgan fingerprint density at radius 3 is 1.57 bits per heavy atom. The maximum absolute atomic E-state index is 2.56. The highest BCUT2D eigenvalue weighted by molar-refractivity contribution is 6.08. The lowest BCUT2D eigenvalue weighted by atomic mass is 9.60. The Kier molecular flexibility index (Phi) is 8.16. The lowest BCUT2D eigenvalue weighted by molar-refractivity contribution is 0.759. The summed E-state index contributed by atoms with van der Waals surface area (Å²) in [4.78, 5) is 2.54. The van der Waals surface area contributed by atoms with Gasteiger partial charge in [0.25, 0.3) is 0 Å². The first-order chi connectivity index (χ1) is 33.2. The molecule has 11 aromatic carbocycles. The van der Waals surface area contributed by atoms with Crippen LogP contribution in [0.4, 0.5) is 17.1 Å². The van der Waals surface area contributed by atoms with Crippen molar-refractivity contribution < 1.29 is 0 Å². The molecule has 314 valence electrons. The normalized spacial score (nSPS) is 15.5. The van der Waals surface area contributed by atoms with Crippen LogP contribution in [0, 0.1) is 0 Å². The predicted molar refractivity (Wildman–Crippen MR) is 279 cm³/mol. The first-order valence-corrected chi connectivity index (χ1v) is 23.7. The summed E-state index contributed by atoms with van der Waals surface area (Å²) in [5, 5.41) is 5.09. The molecule has 0 aromatic heterocycles. The quantitative estimate of drug-likeness (QED) is 0.161. The van der Waals surface area contributed by atoms with Gasteiger partial charge in [-0.25, -0.2) is 0 Å². The van der Waals surface area contributed by atoms with Gasteiger partial charge in [0.15, 0.2) is 0 Å². The SMILES string of the molecule is CCc1ccc2cccc3c2c1C1(c2ccccc2-c2ccc(N(c4ccc5c(c4)-c4ccccc4C5(c4ccccc4)c4ccccc4)c4cccc5ccccc45)cc21)c1ccccc1-3. The van der Waals surface area contributed by atoms with E-state index >= 15 is 0 Å². The van der Waals surface area contributed by atoms with Gasteiger partial charge in [-0.2, -0.15) is 0 Å². The van der Waals surface area contributed by atoms with Crippen LogP contribution in [0.3, 0.4) is 0 Å². The van der Waals surface area contributed by atoms with E-state index in [0.717, 1.165) is 23.5 Å². The zero-order valence-corrected chi connectivity index (χ0v) is 37.2. The molecular formula is C66H45N. The van der Waals surface area contributed by atoms with Crippen LogP contribution in [0.25, 0.3) is 54.9 Å². The fourth-order valence-corrected chi connectivity index (χ4v) is 12.9. The summed E-state index contributed by atoms with van der Waals surface area (Å²) in [6, 6.07) is 91.6. The van der Waals surface area contributed by atoms with Gasteiger partial charge in [0.2, 0.25) is 0 Å². The first-order valence-electron chi connectivity index (χ1n) is 23.7. The van der Waals surface area contributed by atoms with Gasteiger partial charge < -0.3 is 4.90 Å². The molecule has 1 atom stereocenters. The van der Waals surface area contributed by atoms with E-state index in [1.54, 1.807) is 0 Å². The molecule has 0 amide bonds. The Balaban J connectivity index is 1.07. The van der Waals surface area contributed by atoms with E-state index in [4.69, 9.17) is 0 Å². The first kappa shape index (κ1) is 38.1. The van der Waals surface area contributed by atoms with Crippen LogP contribution in [-0.4, -0.2) is 0 Å². The third-order valence-electron chi connectivity index (χ3n) is 15.5. The van der Waals surface area contributed by atoms with Crippen molar-refractivity contribution in [3.63, 3.8) is 0 Å². The van der Waals surface area contributed by atoms with Crippen LogP contribution in [0.15, 0.2) is 243 Å². The van der Waals surface area contributed by atoms with Crippen LogP contribution in [0.2, 0.25) is 0 Å². The Labute approximate surface area is 391 Å². The van der Waals surface area contributed by atoms with E-state index in [1.807, 2.05) is 0 Å². The minimum Gasteiger partial charge on any atom is -0.310 e. The molecule has 0 saturated carbocycles. The Morgan fingerprint density at radius 1 is 0.343 bits per heavy atom. The van der Waals surface area contributed by atoms with Crippen LogP contribution >= 0.6 is 0 Å². The topological polar surface area (TPSA) is 3.24 Å². The number of fused-ring (bicyclic) bond motifs is 13. The summed E-state index contributed by atoms with van der Waals surface area (Å²) in [6.07, 6.45) is 0.937.